The number of methoxy groups -OCH3 is 1. The first-order chi connectivity index (χ1) is 17.0. The molecular weight excluding hydrogens is 468 g/mol. The van der Waals surface area contributed by atoms with E-state index in [1.165, 1.54) is 22.6 Å². The molecule has 0 bridgehead atoms. The van der Waals surface area contributed by atoms with Crippen LogP contribution in [0.1, 0.15) is 16.1 Å². The second-order valence-electron chi connectivity index (χ2n) is 7.66. The SMILES string of the molecule is COCCn1c(SCC(=O)Nc2cc(NC(=O)c3ccco3)ccc2C)nc2ccccc2c1=O. The van der Waals surface area contributed by atoms with E-state index in [1.807, 2.05) is 13.0 Å². The van der Waals surface area contributed by atoms with E-state index in [4.69, 9.17) is 9.15 Å². The first-order valence-electron chi connectivity index (χ1n) is 10.8. The minimum Gasteiger partial charge on any atom is -0.459 e. The highest BCUT2D eigenvalue weighted by molar-refractivity contribution is 7.99. The number of nitrogens with one attached hydrogen (secondary N) is 2. The van der Waals surface area contributed by atoms with Crippen LogP contribution < -0.4 is 16.2 Å². The Morgan fingerprint density at radius 1 is 1.11 bits per heavy atom. The number of hydrogen-bond donors (Lipinski definition) is 2. The first kappa shape index (κ1) is 24.2. The van der Waals surface area contributed by atoms with Gasteiger partial charge in [-0.2, -0.15) is 0 Å². The normalized spacial score (nSPS) is 10.9. The summed E-state index contributed by atoms with van der Waals surface area (Å²) in [5.41, 5.74) is 2.32. The predicted octanol–water partition coefficient (Wildman–Crippen LogP) is 3.93. The molecule has 2 heterocycles. The standard InChI is InChI=1S/C25H24N4O5S/c1-16-9-10-17(26-23(31)21-8-5-12-34-21)14-20(16)27-22(30)15-35-25-28-19-7-4-3-6-18(19)24(32)29(25)11-13-33-2/h3-10,12,14H,11,13,15H2,1-2H3,(H,26,31)(H,27,30). The molecule has 2 amide bonds. The van der Waals surface area contributed by atoms with Gasteiger partial charge in [-0.3, -0.25) is 19.0 Å². The Hall–Kier alpha value is -3.89. The van der Waals surface area contributed by atoms with E-state index in [-0.39, 0.29) is 28.9 Å². The van der Waals surface area contributed by atoms with Gasteiger partial charge in [-0.1, -0.05) is 30.0 Å². The number of benzene rings is 2. The number of para-hydroxylation sites is 1. The number of nitrogens with zero attached hydrogens (tertiary/aromatic N) is 2. The maximum atomic E-state index is 13.0. The zero-order valence-electron chi connectivity index (χ0n) is 19.2. The van der Waals surface area contributed by atoms with Gasteiger partial charge in [0, 0.05) is 18.5 Å². The second-order valence-corrected chi connectivity index (χ2v) is 8.60. The van der Waals surface area contributed by atoms with Crippen molar-refractivity contribution in [3.63, 3.8) is 0 Å². The number of rotatable bonds is 9. The van der Waals surface area contributed by atoms with Crippen LogP contribution in [0, 0.1) is 6.92 Å². The number of aryl methyl sites for hydroxylation is 1. The fourth-order valence-corrected chi connectivity index (χ4v) is 4.21. The highest BCUT2D eigenvalue weighted by Gasteiger charge is 2.15. The summed E-state index contributed by atoms with van der Waals surface area (Å²) in [5, 5.41) is 6.57. The molecule has 0 aliphatic rings. The number of amides is 2. The molecule has 10 heteroatoms. The lowest BCUT2D eigenvalue weighted by atomic mass is 10.1. The highest BCUT2D eigenvalue weighted by Crippen LogP contribution is 2.23. The van der Waals surface area contributed by atoms with Crippen molar-refractivity contribution in [2.45, 2.75) is 18.6 Å². The van der Waals surface area contributed by atoms with Gasteiger partial charge in [0.1, 0.15) is 0 Å². The zero-order chi connectivity index (χ0) is 24.8. The number of thioether (sulfide) groups is 1. The van der Waals surface area contributed by atoms with E-state index in [2.05, 4.69) is 15.6 Å². The Morgan fingerprint density at radius 2 is 1.94 bits per heavy atom. The molecule has 0 unspecified atom stereocenters. The van der Waals surface area contributed by atoms with Crippen molar-refractivity contribution in [1.29, 1.82) is 0 Å². The van der Waals surface area contributed by atoms with Gasteiger partial charge < -0.3 is 19.8 Å². The molecule has 4 rings (SSSR count). The van der Waals surface area contributed by atoms with Crippen molar-refractivity contribution < 1.29 is 18.7 Å². The van der Waals surface area contributed by atoms with Crippen LogP contribution in [-0.4, -0.2) is 40.8 Å². The van der Waals surface area contributed by atoms with E-state index < -0.39 is 0 Å². The molecule has 0 radical (unpaired) electrons. The Balaban J connectivity index is 1.47. The Kier molecular flexibility index (Phi) is 7.64. The topological polar surface area (TPSA) is 115 Å². The van der Waals surface area contributed by atoms with Gasteiger partial charge in [0.15, 0.2) is 10.9 Å². The van der Waals surface area contributed by atoms with Crippen LogP contribution in [0.25, 0.3) is 10.9 Å². The maximum absolute atomic E-state index is 13.0. The summed E-state index contributed by atoms with van der Waals surface area (Å²) in [4.78, 5) is 42.5. The molecule has 9 nitrogen and oxygen atoms in total. The molecule has 2 N–H and O–H groups in total. The minimum absolute atomic E-state index is 0.0418. The molecule has 0 spiro atoms. The maximum Gasteiger partial charge on any atom is 0.291 e. The van der Waals surface area contributed by atoms with Gasteiger partial charge in [-0.05, 0) is 48.9 Å². The molecule has 0 aliphatic carbocycles. The molecular formula is C25H24N4O5S. The molecule has 2 aromatic carbocycles. The largest absolute Gasteiger partial charge is 0.459 e. The van der Waals surface area contributed by atoms with Crippen LogP contribution >= 0.6 is 11.8 Å². The van der Waals surface area contributed by atoms with Crippen molar-refractivity contribution >= 4 is 45.9 Å². The monoisotopic (exact) mass is 492 g/mol. The molecule has 180 valence electrons. The quantitative estimate of drug-likeness (QED) is 0.269. The number of anilines is 2. The molecule has 0 fully saturated rings. The van der Waals surface area contributed by atoms with E-state index in [1.54, 1.807) is 55.6 Å². The second kappa shape index (κ2) is 11.0. The average molecular weight is 493 g/mol. The third-order valence-corrected chi connectivity index (χ3v) is 6.17. The summed E-state index contributed by atoms with van der Waals surface area (Å²) in [6.07, 6.45) is 1.42. The van der Waals surface area contributed by atoms with Crippen LogP contribution in [0.4, 0.5) is 11.4 Å². The van der Waals surface area contributed by atoms with E-state index in [0.717, 1.165) is 5.56 Å². The molecule has 4 aromatic rings. The third kappa shape index (κ3) is 5.79. The van der Waals surface area contributed by atoms with Gasteiger partial charge in [0.25, 0.3) is 11.5 Å². The highest BCUT2D eigenvalue weighted by atomic mass is 32.2. The van der Waals surface area contributed by atoms with Gasteiger partial charge in [0.05, 0.1) is 36.1 Å². The number of furan rings is 1. The number of carbonyl (C=O) groups excluding carboxylic acids is 2. The van der Waals surface area contributed by atoms with Crippen LogP contribution in [0.5, 0.6) is 0 Å². The van der Waals surface area contributed by atoms with Crippen LogP contribution in [0.3, 0.4) is 0 Å². The van der Waals surface area contributed by atoms with Crippen LogP contribution in [-0.2, 0) is 16.1 Å². The van der Waals surface area contributed by atoms with Gasteiger partial charge >= 0.3 is 0 Å². The molecule has 0 atom stereocenters. The fourth-order valence-electron chi connectivity index (χ4n) is 3.39. The molecule has 2 aromatic heterocycles. The molecule has 0 saturated carbocycles. The molecule has 0 aliphatic heterocycles. The summed E-state index contributed by atoms with van der Waals surface area (Å²) in [5.74, 6) is -0.424. The van der Waals surface area contributed by atoms with Gasteiger partial charge in [-0.25, -0.2) is 4.98 Å². The van der Waals surface area contributed by atoms with Gasteiger partial charge in [-0.15, -0.1) is 0 Å². The van der Waals surface area contributed by atoms with Crippen molar-refractivity contribution in [2.24, 2.45) is 0 Å². The number of aromatic nitrogens is 2. The zero-order valence-corrected chi connectivity index (χ0v) is 20.1. The van der Waals surface area contributed by atoms with Crippen molar-refractivity contribution in [2.75, 3.05) is 30.1 Å². The van der Waals surface area contributed by atoms with Gasteiger partial charge in [0.2, 0.25) is 5.91 Å². The number of fused-ring (bicyclic) bond motifs is 1. The summed E-state index contributed by atoms with van der Waals surface area (Å²) < 4.78 is 11.8. The smallest absolute Gasteiger partial charge is 0.291 e. The van der Waals surface area contributed by atoms with E-state index in [0.29, 0.717) is 40.6 Å². The van der Waals surface area contributed by atoms with Crippen LogP contribution in [0.2, 0.25) is 0 Å². The Morgan fingerprint density at radius 3 is 2.71 bits per heavy atom. The van der Waals surface area contributed by atoms with Crippen LogP contribution in [0.15, 0.2) is 75.2 Å². The number of ether oxygens (including phenoxy) is 1. The van der Waals surface area contributed by atoms with Crippen molar-refractivity contribution in [3.05, 3.63) is 82.5 Å². The molecule has 35 heavy (non-hydrogen) atoms. The average Bonchev–Trinajstić information content (AvgIpc) is 3.40. The van der Waals surface area contributed by atoms with Crippen molar-refractivity contribution in [3.8, 4) is 0 Å². The Labute approximate surface area is 205 Å². The minimum atomic E-state index is -0.386. The lowest BCUT2D eigenvalue weighted by Gasteiger charge is -2.14. The number of carbonyl (C=O) groups is 2. The predicted molar refractivity (Wildman–Crippen MR) is 135 cm³/mol. The van der Waals surface area contributed by atoms with E-state index >= 15 is 0 Å². The summed E-state index contributed by atoms with van der Waals surface area (Å²) >= 11 is 1.17. The fraction of sp³-hybridized carbons (Fsp3) is 0.200. The first-order valence-corrected chi connectivity index (χ1v) is 11.8. The summed E-state index contributed by atoms with van der Waals surface area (Å²) in [7, 11) is 1.56. The number of hydrogen-bond acceptors (Lipinski definition) is 7. The van der Waals surface area contributed by atoms with E-state index in [9.17, 15) is 14.4 Å². The molecule has 0 saturated heterocycles. The third-order valence-electron chi connectivity index (χ3n) is 5.19. The lowest BCUT2D eigenvalue weighted by molar-refractivity contribution is -0.113. The lowest BCUT2D eigenvalue weighted by Crippen LogP contribution is -2.26. The summed E-state index contributed by atoms with van der Waals surface area (Å²) in [6, 6.07) is 15.5. The van der Waals surface area contributed by atoms with Crippen molar-refractivity contribution in [1.82, 2.24) is 9.55 Å². The Bertz CT molecular complexity index is 1420. The summed E-state index contributed by atoms with van der Waals surface area (Å²) in [6.45, 7) is 2.53.